The van der Waals surface area contributed by atoms with Gasteiger partial charge in [-0.2, -0.15) is 0 Å². The molecule has 190 valence electrons. The SMILES string of the molecule is CC(C)[C@H]1C[C@@H]([C@@H](C)[C@H]2CC[C@@]3(C)C4=C(CC[C@]23C)[C@@]2(C)CCC(=O)C(C)(C)[C@H]2CC4)OC1=O. The average Bonchev–Trinajstić information content (AvgIpc) is 3.28. The van der Waals surface area contributed by atoms with Gasteiger partial charge in [-0.15, -0.1) is 0 Å². The summed E-state index contributed by atoms with van der Waals surface area (Å²) in [5, 5.41) is 0. The Morgan fingerprint density at radius 3 is 2.21 bits per heavy atom. The van der Waals surface area contributed by atoms with Crippen LogP contribution >= 0.6 is 0 Å². The lowest BCUT2D eigenvalue weighted by Gasteiger charge is -2.61. The fourth-order valence-electron chi connectivity index (χ4n) is 10.1. The Balaban J connectivity index is 1.46. The number of Topliss-reactive ketones (excluding diaryl/α,β-unsaturated/α-hetero) is 1. The van der Waals surface area contributed by atoms with Crippen molar-refractivity contribution in [2.75, 3.05) is 0 Å². The van der Waals surface area contributed by atoms with Gasteiger partial charge in [0.2, 0.25) is 0 Å². The van der Waals surface area contributed by atoms with Crippen LogP contribution in [-0.2, 0) is 14.3 Å². The Labute approximate surface area is 207 Å². The number of hydrogen-bond donors (Lipinski definition) is 0. The van der Waals surface area contributed by atoms with Gasteiger partial charge in [-0.1, -0.05) is 66.5 Å². The molecule has 2 saturated carbocycles. The van der Waals surface area contributed by atoms with E-state index in [1.165, 1.54) is 32.1 Å². The minimum atomic E-state index is -0.195. The van der Waals surface area contributed by atoms with Crippen LogP contribution in [0.5, 0.6) is 0 Å². The first-order valence-electron chi connectivity index (χ1n) is 14.2. The predicted octanol–water partition coefficient (Wildman–Crippen LogP) is 7.53. The topological polar surface area (TPSA) is 43.4 Å². The Kier molecular flexibility index (Phi) is 5.56. The van der Waals surface area contributed by atoms with Crippen molar-refractivity contribution in [3.63, 3.8) is 0 Å². The maximum absolute atomic E-state index is 12.8. The van der Waals surface area contributed by atoms with Crippen LogP contribution in [0.4, 0.5) is 0 Å². The second kappa shape index (κ2) is 7.69. The van der Waals surface area contributed by atoms with E-state index >= 15 is 0 Å². The standard InChI is InChI=1S/C31H48O3/c1-18(2)20-17-24(34-27(20)33)19(3)21-11-15-31(8)23-9-10-25-28(4,5)26(32)13-14-29(25,6)22(23)12-16-30(21,31)7/h18-21,24-25H,9-17H2,1-8H3/t19-,20+,21+,24-,25+,29+,30+,31-/m0/s1. The van der Waals surface area contributed by atoms with Gasteiger partial charge in [-0.3, -0.25) is 9.59 Å². The highest BCUT2D eigenvalue weighted by Crippen LogP contribution is 2.72. The van der Waals surface area contributed by atoms with Crippen LogP contribution in [0.1, 0.15) is 113 Å². The molecule has 1 heterocycles. The van der Waals surface area contributed by atoms with Gasteiger partial charge in [-0.05, 0) is 91.3 Å². The van der Waals surface area contributed by atoms with Crippen molar-refractivity contribution in [1.29, 1.82) is 0 Å². The van der Waals surface area contributed by atoms with Crippen molar-refractivity contribution in [3.8, 4) is 0 Å². The van der Waals surface area contributed by atoms with Crippen molar-refractivity contribution < 1.29 is 14.3 Å². The first-order chi connectivity index (χ1) is 15.8. The van der Waals surface area contributed by atoms with E-state index in [1.807, 2.05) is 0 Å². The highest BCUT2D eigenvalue weighted by Gasteiger charge is 2.64. The monoisotopic (exact) mass is 468 g/mol. The highest BCUT2D eigenvalue weighted by molar-refractivity contribution is 5.85. The molecule has 0 unspecified atom stereocenters. The summed E-state index contributed by atoms with van der Waals surface area (Å²) < 4.78 is 6.01. The molecular formula is C31H48O3. The molecule has 0 aromatic heterocycles. The number of hydrogen-bond acceptors (Lipinski definition) is 3. The Morgan fingerprint density at radius 1 is 0.853 bits per heavy atom. The molecule has 0 aromatic rings. The van der Waals surface area contributed by atoms with Gasteiger partial charge < -0.3 is 4.74 Å². The third-order valence-corrected chi connectivity index (χ3v) is 12.6. The first-order valence-corrected chi connectivity index (χ1v) is 14.2. The van der Waals surface area contributed by atoms with Crippen LogP contribution in [0.2, 0.25) is 0 Å². The van der Waals surface area contributed by atoms with Gasteiger partial charge in [0.1, 0.15) is 11.9 Å². The normalized spacial score (nSPS) is 46.7. The molecule has 0 radical (unpaired) electrons. The van der Waals surface area contributed by atoms with E-state index in [4.69, 9.17) is 4.74 Å². The molecule has 3 nitrogen and oxygen atoms in total. The lowest BCUT2D eigenvalue weighted by Crippen LogP contribution is -2.54. The van der Waals surface area contributed by atoms with Crippen molar-refractivity contribution in [3.05, 3.63) is 11.1 Å². The summed E-state index contributed by atoms with van der Waals surface area (Å²) in [5.74, 6) is 2.44. The molecular weight excluding hydrogens is 420 g/mol. The van der Waals surface area contributed by atoms with Crippen LogP contribution in [-0.4, -0.2) is 17.9 Å². The molecule has 5 rings (SSSR count). The second-order valence-corrected chi connectivity index (χ2v) is 14.4. The van der Waals surface area contributed by atoms with Crippen molar-refractivity contribution >= 4 is 11.8 Å². The summed E-state index contributed by atoms with van der Waals surface area (Å²) in [5.41, 5.74) is 3.99. The number of carbonyl (C=O) groups is 2. The molecule has 0 bridgehead atoms. The van der Waals surface area contributed by atoms with Gasteiger partial charge >= 0.3 is 5.97 Å². The van der Waals surface area contributed by atoms with E-state index in [0.717, 1.165) is 25.7 Å². The molecule has 5 aliphatic rings. The Morgan fingerprint density at radius 2 is 1.56 bits per heavy atom. The maximum atomic E-state index is 12.8. The van der Waals surface area contributed by atoms with Crippen LogP contribution in [0.3, 0.4) is 0 Å². The third-order valence-electron chi connectivity index (χ3n) is 12.6. The molecule has 8 atom stereocenters. The van der Waals surface area contributed by atoms with E-state index < -0.39 is 0 Å². The van der Waals surface area contributed by atoms with Crippen molar-refractivity contribution in [2.45, 2.75) is 119 Å². The third kappa shape index (κ3) is 3.06. The van der Waals surface area contributed by atoms with Gasteiger partial charge in [-0.25, -0.2) is 0 Å². The quantitative estimate of drug-likeness (QED) is 0.317. The fourth-order valence-corrected chi connectivity index (χ4v) is 10.1. The minimum absolute atomic E-state index is 0.0344. The van der Waals surface area contributed by atoms with Crippen molar-refractivity contribution in [2.24, 2.45) is 51.2 Å². The Hall–Kier alpha value is -1.12. The highest BCUT2D eigenvalue weighted by atomic mass is 16.6. The van der Waals surface area contributed by atoms with Crippen LogP contribution < -0.4 is 0 Å². The number of allylic oxidation sites excluding steroid dienone is 2. The van der Waals surface area contributed by atoms with E-state index in [1.54, 1.807) is 11.1 Å². The van der Waals surface area contributed by atoms with Crippen LogP contribution in [0.25, 0.3) is 0 Å². The molecule has 0 amide bonds. The first kappa shape index (κ1) is 24.6. The smallest absolute Gasteiger partial charge is 0.309 e. The lowest BCUT2D eigenvalue weighted by atomic mass is 9.43. The average molecular weight is 469 g/mol. The zero-order chi connectivity index (χ0) is 24.8. The van der Waals surface area contributed by atoms with E-state index in [9.17, 15) is 9.59 Å². The number of rotatable bonds is 3. The summed E-state index contributed by atoms with van der Waals surface area (Å²) >= 11 is 0. The zero-order valence-electron chi connectivity index (χ0n) is 23.1. The number of esters is 1. The molecule has 3 fully saturated rings. The summed E-state index contributed by atoms with van der Waals surface area (Å²) in [6.07, 6.45) is 10.0. The molecule has 4 aliphatic carbocycles. The Bertz CT molecular complexity index is 927. The van der Waals surface area contributed by atoms with Gasteiger partial charge in [0.15, 0.2) is 0 Å². The molecule has 34 heavy (non-hydrogen) atoms. The molecule has 0 spiro atoms. The van der Waals surface area contributed by atoms with E-state index in [2.05, 4.69) is 55.4 Å². The number of ether oxygens (including phenoxy) is 1. The molecule has 3 heteroatoms. The summed E-state index contributed by atoms with van der Waals surface area (Å²) in [7, 11) is 0. The zero-order valence-corrected chi connectivity index (χ0v) is 23.1. The number of carbonyl (C=O) groups excluding carboxylic acids is 2. The number of fused-ring (bicyclic) bond motifs is 4. The summed E-state index contributed by atoms with van der Waals surface area (Å²) in [4.78, 5) is 25.4. The second-order valence-electron chi connectivity index (χ2n) is 14.4. The predicted molar refractivity (Wildman–Crippen MR) is 136 cm³/mol. The molecule has 0 N–H and O–H groups in total. The molecule has 0 aromatic carbocycles. The number of ketones is 1. The maximum Gasteiger partial charge on any atom is 0.309 e. The van der Waals surface area contributed by atoms with E-state index in [-0.39, 0.29) is 39.7 Å². The minimum Gasteiger partial charge on any atom is -0.462 e. The van der Waals surface area contributed by atoms with Crippen LogP contribution in [0, 0.1) is 51.2 Å². The number of cyclic esters (lactones) is 1. The van der Waals surface area contributed by atoms with E-state index in [0.29, 0.717) is 29.5 Å². The summed E-state index contributed by atoms with van der Waals surface area (Å²) in [6, 6.07) is 0. The fraction of sp³-hybridized carbons (Fsp3) is 0.871. The van der Waals surface area contributed by atoms with Crippen molar-refractivity contribution in [1.82, 2.24) is 0 Å². The lowest BCUT2D eigenvalue weighted by molar-refractivity contribution is -0.148. The van der Waals surface area contributed by atoms with Gasteiger partial charge in [0.25, 0.3) is 0 Å². The molecule has 1 aliphatic heterocycles. The molecule has 1 saturated heterocycles. The van der Waals surface area contributed by atoms with Gasteiger partial charge in [0.05, 0.1) is 5.92 Å². The largest absolute Gasteiger partial charge is 0.462 e. The summed E-state index contributed by atoms with van der Waals surface area (Å²) in [6.45, 7) is 18.8. The van der Waals surface area contributed by atoms with Gasteiger partial charge in [0, 0.05) is 11.8 Å². The van der Waals surface area contributed by atoms with Crippen LogP contribution in [0.15, 0.2) is 11.1 Å².